The molecule has 0 saturated carbocycles. The summed E-state index contributed by atoms with van der Waals surface area (Å²) in [5.74, 6) is -3.47. The van der Waals surface area contributed by atoms with Crippen molar-refractivity contribution in [2.75, 3.05) is 6.54 Å². The fraction of sp³-hybridized carbons (Fsp3) is 0.364. The van der Waals surface area contributed by atoms with Gasteiger partial charge in [-0.25, -0.2) is 17.2 Å². The van der Waals surface area contributed by atoms with Gasteiger partial charge in [0, 0.05) is 12.6 Å². The second-order valence-corrected chi connectivity index (χ2v) is 7.02. The van der Waals surface area contributed by atoms with Gasteiger partial charge in [-0.1, -0.05) is 0 Å². The van der Waals surface area contributed by atoms with Crippen LogP contribution in [-0.4, -0.2) is 36.4 Å². The van der Waals surface area contributed by atoms with Crippen LogP contribution in [0.1, 0.15) is 12.8 Å². The summed E-state index contributed by atoms with van der Waals surface area (Å²) in [4.78, 5) is 10.3. The van der Waals surface area contributed by atoms with Crippen LogP contribution in [0.25, 0.3) is 0 Å². The summed E-state index contributed by atoms with van der Waals surface area (Å²) in [6.07, 6.45) is 0.540. The highest BCUT2D eigenvalue weighted by Gasteiger charge is 2.40. The molecule has 0 aliphatic carbocycles. The van der Waals surface area contributed by atoms with Crippen LogP contribution in [0.2, 0.25) is 0 Å². The number of carboxylic acids is 1. The molecule has 0 radical (unpaired) electrons. The Morgan fingerprint density at radius 1 is 1.35 bits per heavy atom. The van der Waals surface area contributed by atoms with Crippen molar-refractivity contribution in [3.05, 3.63) is 28.2 Å². The van der Waals surface area contributed by atoms with E-state index in [1.54, 1.807) is 0 Å². The van der Waals surface area contributed by atoms with E-state index in [1.807, 2.05) is 0 Å². The monoisotopic (exact) mass is 369 g/mol. The van der Waals surface area contributed by atoms with Crippen LogP contribution in [0, 0.1) is 11.6 Å². The maximum absolute atomic E-state index is 13.7. The number of carboxylic acid groups (broad SMARTS) is 1. The first-order valence-corrected chi connectivity index (χ1v) is 7.87. The van der Waals surface area contributed by atoms with Gasteiger partial charge in [-0.3, -0.25) is 4.79 Å². The fourth-order valence-electron chi connectivity index (χ4n) is 2.10. The lowest BCUT2D eigenvalue weighted by Gasteiger charge is -2.21. The molecule has 110 valence electrons. The maximum Gasteiger partial charge on any atom is 0.322 e. The zero-order valence-corrected chi connectivity index (χ0v) is 12.4. The van der Waals surface area contributed by atoms with Gasteiger partial charge in [-0.15, -0.1) is 0 Å². The van der Waals surface area contributed by atoms with Crippen molar-refractivity contribution in [2.45, 2.75) is 23.8 Å². The third kappa shape index (κ3) is 2.57. The topological polar surface area (TPSA) is 74.7 Å². The molecule has 1 heterocycles. The van der Waals surface area contributed by atoms with E-state index >= 15 is 0 Å². The zero-order chi connectivity index (χ0) is 15.1. The Kier molecular flexibility index (Phi) is 4.12. The molecule has 1 aromatic rings. The first kappa shape index (κ1) is 15.3. The quantitative estimate of drug-likeness (QED) is 0.826. The standard InChI is InChI=1S/C11H10BrF2NO4S/c12-6-4-10(8(14)5-7(6)13)20(18,19)15-3-1-2-9(15)11(16)17/h4-5,9H,1-3H2,(H,16,17)/t9-/m0/s1. The molecule has 0 amide bonds. The Balaban J connectivity index is 2.50. The van der Waals surface area contributed by atoms with E-state index < -0.39 is 38.6 Å². The molecule has 2 rings (SSSR count). The predicted octanol–water partition coefficient (Wildman–Crippen LogP) is 1.97. The average molecular weight is 370 g/mol. The van der Waals surface area contributed by atoms with Crippen LogP contribution in [0.3, 0.4) is 0 Å². The van der Waals surface area contributed by atoms with Gasteiger partial charge in [0.25, 0.3) is 0 Å². The molecule has 1 aliphatic rings. The number of carbonyl (C=O) groups is 1. The molecule has 1 fully saturated rings. The maximum atomic E-state index is 13.7. The highest BCUT2D eigenvalue weighted by molar-refractivity contribution is 9.10. The van der Waals surface area contributed by atoms with Crippen LogP contribution < -0.4 is 0 Å². The van der Waals surface area contributed by atoms with Crippen molar-refractivity contribution in [1.29, 1.82) is 0 Å². The minimum absolute atomic E-state index is 0.00621. The average Bonchev–Trinajstić information content (AvgIpc) is 2.83. The first-order chi connectivity index (χ1) is 9.25. The van der Waals surface area contributed by atoms with Gasteiger partial charge in [-0.2, -0.15) is 4.31 Å². The van der Waals surface area contributed by atoms with Crippen LogP contribution in [-0.2, 0) is 14.8 Å². The van der Waals surface area contributed by atoms with Gasteiger partial charge in [-0.05, 0) is 34.8 Å². The van der Waals surface area contributed by atoms with Crippen molar-refractivity contribution in [2.24, 2.45) is 0 Å². The number of sulfonamides is 1. The molecule has 20 heavy (non-hydrogen) atoms. The lowest BCUT2D eigenvalue weighted by atomic mass is 10.2. The summed E-state index contributed by atoms with van der Waals surface area (Å²) in [6.45, 7) is -0.00621. The Hall–Kier alpha value is -1.06. The number of aliphatic carboxylic acids is 1. The molecule has 1 atom stereocenters. The molecule has 1 N–H and O–H groups in total. The normalized spacial score (nSPS) is 20.2. The number of rotatable bonds is 3. The number of hydrogen-bond acceptors (Lipinski definition) is 3. The summed E-state index contributed by atoms with van der Waals surface area (Å²) in [7, 11) is -4.32. The Labute approximate surface area is 122 Å². The van der Waals surface area contributed by atoms with Crippen molar-refractivity contribution in [1.82, 2.24) is 4.31 Å². The number of nitrogens with zero attached hydrogens (tertiary/aromatic N) is 1. The van der Waals surface area contributed by atoms with E-state index in [4.69, 9.17) is 5.11 Å². The molecule has 0 unspecified atom stereocenters. The van der Waals surface area contributed by atoms with E-state index in [9.17, 15) is 22.0 Å². The van der Waals surface area contributed by atoms with Gasteiger partial charge in [0.2, 0.25) is 10.0 Å². The lowest BCUT2D eigenvalue weighted by Crippen LogP contribution is -2.40. The van der Waals surface area contributed by atoms with Crippen molar-refractivity contribution >= 4 is 31.9 Å². The van der Waals surface area contributed by atoms with E-state index in [2.05, 4.69) is 15.9 Å². The van der Waals surface area contributed by atoms with Gasteiger partial charge in [0.1, 0.15) is 22.6 Å². The Morgan fingerprint density at radius 2 is 2.00 bits per heavy atom. The van der Waals surface area contributed by atoms with Crippen LogP contribution in [0.4, 0.5) is 8.78 Å². The minimum Gasteiger partial charge on any atom is -0.480 e. The van der Waals surface area contributed by atoms with E-state index in [0.29, 0.717) is 12.5 Å². The Bertz CT molecular complexity index is 665. The second kappa shape index (κ2) is 5.38. The zero-order valence-electron chi connectivity index (χ0n) is 10.0. The largest absolute Gasteiger partial charge is 0.480 e. The molecule has 1 aromatic carbocycles. The lowest BCUT2D eigenvalue weighted by molar-refractivity contribution is -0.140. The molecule has 1 aliphatic heterocycles. The van der Waals surface area contributed by atoms with Gasteiger partial charge >= 0.3 is 5.97 Å². The highest BCUT2D eigenvalue weighted by Crippen LogP contribution is 2.30. The SMILES string of the molecule is O=C(O)[C@@H]1CCCN1S(=O)(=O)c1cc(Br)c(F)cc1F. The van der Waals surface area contributed by atoms with Gasteiger partial charge in [0.15, 0.2) is 0 Å². The minimum atomic E-state index is -4.32. The van der Waals surface area contributed by atoms with E-state index in [0.717, 1.165) is 10.4 Å². The number of benzene rings is 1. The molecular weight excluding hydrogens is 360 g/mol. The van der Waals surface area contributed by atoms with Crippen molar-refractivity contribution in [3.8, 4) is 0 Å². The third-order valence-electron chi connectivity index (χ3n) is 3.05. The second-order valence-electron chi connectivity index (χ2n) is 4.31. The highest BCUT2D eigenvalue weighted by atomic mass is 79.9. The van der Waals surface area contributed by atoms with Gasteiger partial charge in [0.05, 0.1) is 4.47 Å². The van der Waals surface area contributed by atoms with Crippen molar-refractivity contribution < 1.29 is 27.1 Å². The van der Waals surface area contributed by atoms with E-state index in [1.165, 1.54) is 0 Å². The number of halogens is 3. The van der Waals surface area contributed by atoms with Crippen LogP contribution >= 0.6 is 15.9 Å². The third-order valence-corrected chi connectivity index (χ3v) is 5.58. The predicted molar refractivity (Wildman–Crippen MR) is 68.6 cm³/mol. The molecule has 1 saturated heterocycles. The van der Waals surface area contributed by atoms with Crippen LogP contribution in [0.5, 0.6) is 0 Å². The van der Waals surface area contributed by atoms with E-state index in [-0.39, 0.29) is 17.4 Å². The Morgan fingerprint density at radius 3 is 2.60 bits per heavy atom. The summed E-state index contributed by atoms with van der Waals surface area (Å²) in [5, 5.41) is 8.99. The summed E-state index contributed by atoms with van der Waals surface area (Å²) >= 11 is 2.78. The smallest absolute Gasteiger partial charge is 0.322 e. The van der Waals surface area contributed by atoms with Crippen LogP contribution in [0.15, 0.2) is 21.5 Å². The van der Waals surface area contributed by atoms with Crippen molar-refractivity contribution in [3.63, 3.8) is 0 Å². The first-order valence-electron chi connectivity index (χ1n) is 5.64. The fourth-order valence-corrected chi connectivity index (χ4v) is 4.32. The molecule has 9 heteroatoms. The molecule has 5 nitrogen and oxygen atoms in total. The summed E-state index contributed by atoms with van der Waals surface area (Å²) < 4.78 is 52.0. The molecule has 0 aromatic heterocycles. The molecule has 0 spiro atoms. The van der Waals surface area contributed by atoms with Gasteiger partial charge < -0.3 is 5.11 Å². The summed E-state index contributed by atoms with van der Waals surface area (Å²) in [5.41, 5.74) is 0. The number of hydrogen-bond donors (Lipinski definition) is 1. The molecule has 0 bridgehead atoms. The summed E-state index contributed by atoms with van der Waals surface area (Å²) in [6, 6.07) is 0.0308. The molecular formula is C11H10BrF2NO4S.